The zero-order valence-electron chi connectivity index (χ0n) is 10.3. The number of aromatic nitrogens is 1. The number of aromatic carboxylic acids is 1. The maximum Gasteiger partial charge on any atom is 0.373 e. The molecule has 1 heterocycles. The van der Waals surface area contributed by atoms with Crippen LogP contribution in [0.4, 0.5) is 0 Å². The Labute approximate surface area is 127 Å². The second-order valence-corrected chi connectivity index (χ2v) is 6.09. The third kappa shape index (κ3) is 2.90. The number of rotatable bonds is 3. The van der Waals surface area contributed by atoms with Gasteiger partial charge in [0.05, 0.1) is 11.3 Å². The molecule has 0 aliphatic rings. The Morgan fingerprint density at radius 3 is 2.58 bits per heavy atom. The number of carbonyl (C=O) groups is 1. The van der Waals surface area contributed by atoms with E-state index in [9.17, 15) is 4.79 Å². The summed E-state index contributed by atoms with van der Waals surface area (Å²) >= 11 is 6.78. The molecule has 0 aliphatic heterocycles. The molecule has 2 rings (SSSR count). The lowest BCUT2D eigenvalue weighted by Gasteiger charge is -2.00. The monoisotopic (exact) mass is 387 g/mol. The van der Waals surface area contributed by atoms with Gasteiger partial charge in [-0.05, 0) is 40.0 Å². The van der Waals surface area contributed by atoms with E-state index in [4.69, 9.17) is 9.52 Å². The zero-order chi connectivity index (χ0) is 14.2. The highest BCUT2D eigenvalue weighted by Gasteiger charge is 2.23. The van der Waals surface area contributed by atoms with Gasteiger partial charge in [0.15, 0.2) is 0 Å². The summed E-state index contributed by atoms with van der Waals surface area (Å²) in [5.41, 5.74) is 1.16. The number of nitrogens with zero attached hydrogens (tertiary/aromatic N) is 1. The van der Waals surface area contributed by atoms with Crippen molar-refractivity contribution < 1.29 is 14.3 Å². The minimum Gasteiger partial charge on any atom is -0.475 e. The van der Waals surface area contributed by atoms with Crippen molar-refractivity contribution in [3.63, 3.8) is 0 Å². The number of carboxylic acids is 1. The molecule has 0 radical (unpaired) electrons. The predicted molar refractivity (Wildman–Crippen MR) is 78.4 cm³/mol. The van der Waals surface area contributed by atoms with Crippen LogP contribution in [0.1, 0.15) is 36.0 Å². The van der Waals surface area contributed by atoms with Crippen LogP contribution in [0.3, 0.4) is 0 Å². The molecule has 0 bridgehead atoms. The van der Waals surface area contributed by atoms with Gasteiger partial charge in [-0.3, -0.25) is 0 Å². The topological polar surface area (TPSA) is 63.3 Å². The van der Waals surface area contributed by atoms with E-state index in [0.29, 0.717) is 17.1 Å². The second-order valence-electron chi connectivity index (χ2n) is 4.32. The fraction of sp³-hybridized carbons (Fsp3) is 0.231. The van der Waals surface area contributed by atoms with Gasteiger partial charge in [0.25, 0.3) is 0 Å². The van der Waals surface area contributed by atoms with E-state index in [-0.39, 0.29) is 11.7 Å². The zero-order valence-corrected chi connectivity index (χ0v) is 13.4. The number of hydrogen-bond acceptors (Lipinski definition) is 3. The number of benzene rings is 1. The molecule has 6 heteroatoms. The molecule has 2 aromatic rings. The van der Waals surface area contributed by atoms with E-state index in [2.05, 4.69) is 36.8 Å². The molecule has 4 nitrogen and oxygen atoms in total. The fourth-order valence-corrected chi connectivity index (χ4v) is 2.43. The smallest absolute Gasteiger partial charge is 0.373 e. The number of hydrogen-bond donors (Lipinski definition) is 1. The molecule has 1 aromatic carbocycles. The summed E-state index contributed by atoms with van der Waals surface area (Å²) in [6, 6.07) is 5.54. The highest BCUT2D eigenvalue weighted by molar-refractivity contribution is 9.11. The molecular weight excluding hydrogens is 378 g/mol. The molecule has 0 saturated carbocycles. The van der Waals surface area contributed by atoms with Crippen molar-refractivity contribution in [2.24, 2.45) is 0 Å². The van der Waals surface area contributed by atoms with Gasteiger partial charge in [-0.2, -0.15) is 0 Å². The maximum atomic E-state index is 11.2. The number of oxazole rings is 1. The molecular formula is C13H11Br2NO3. The van der Waals surface area contributed by atoms with Crippen molar-refractivity contribution in [2.75, 3.05) is 0 Å². The average molecular weight is 389 g/mol. The first-order chi connectivity index (χ1) is 8.90. The molecule has 0 spiro atoms. The SMILES string of the molecule is CC(C)c1nc(-c2cc(Br)ccc2Br)oc1C(=O)O. The van der Waals surface area contributed by atoms with Gasteiger partial charge in [0.2, 0.25) is 11.7 Å². The molecule has 100 valence electrons. The van der Waals surface area contributed by atoms with Gasteiger partial charge in [-0.15, -0.1) is 0 Å². The summed E-state index contributed by atoms with van der Waals surface area (Å²) in [6.45, 7) is 3.76. The normalized spacial score (nSPS) is 11.0. The number of halogens is 2. The van der Waals surface area contributed by atoms with Crippen LogP contribution in [0.15, 0.2) is 31.6 Å². The molecule has 0 amide bonds. The Hall–Kier alpha value is -1.14. The van der Waals surface area contributed by atoms with Crippen LogP contribution in [0.5, 0.6) is 0 Å². The minimum absolute atomic E-state index is 0.0190. The van der Waals surface area contributed by atoms with Gasteiger partial charge in [-0.25, -0.2) is 9.78 Å². The highest BCUT2D eigenvalue weighted by atomic mass is 79.9. The van der Waals surface area contributed by atoms with Gasteiger partial charge < -0.3 is 9.52 Å². The van der Waals surface area contributed by atoms with Crippen molar-refractivity contribution in [3.05, 3.63) is 38.6 Å². The van der Waals surface area contributed by atoms with E-state index in [1.165, 1.54) is 0 Å². The van der Waals surface area contributed by atoms with Crippen LogP contribution in [0, 0.1) is 0 Å². The van der Waals surface area contributed by atoms with E-state index >= 15 is 0 Å². The summed E-state index contributed by atoms with van der Waals surface area (Å²) in [5.74, 6) is -0.922. The first-order valence-corrected chi connectivity index (χ1v) is 7.18. The Morgan fingerprint density at radius 2 is 2.05 bits per heavy atom. The van der Waals surface area contributed by atoms with Crippen molar-refractivity contribution >= 4 is 37.8 Å². The molecule has 0 aliphatic carbocycles. The summed E-state index contributed by atoms with van der Waals surface area (Å²) in [5, 5.41) is 9.14. The van der Waals surface area contributed by atoms with Crippen LogP contribution < -0.4 is 0 Å². The van der Waals surface area contributed by atoms with Gasteiger partial charge >= 0.3 is 5.97 Å². The Morgan fingerprint density at radius 1 is 1.37 bits per heavy atom. The maximum absolute atomic E-state index is 11.2. The number of carboxylic acid groups (broad SMARTS) is 1. The first-order valence-electron chi connectivity index (χ1n) is 5.59. The summed E-state index contributed by atoms with van der Waals surface area (Å²) < 4.78 is 7.06. The van der Waals surface area contributed by atoms with E-state index in [1.54, 1.807) is 0 Å². The summed E-state index contributed by atoms with van der Waals surface area (Å²) in [7, 11) is 0. The first kappa shape index (κ1) is 14.3. The van der Waals surface area contributed by atoms with Crippen molar-refractivity contribution in [1.29, 1.82) is 0 Å². The summed E-state index contributed by atoms with van der Waals surface area (Å²) in [6.07, 6.45) is 0. The minimum atomic E-state index is -1.10. The quantitative estimate of drug-likeness (QED) is 0.828. The molecule has 0 unspecified atom stereocenters. The molecule has 1 aromatic heterocycles. The Bertz CT molecular complexity index is 635. The largest absolute Gasteiger partial charge is 0.475 e. The van der Waals surface area contributed by atoms with Gasteiger partial charge in [0.1, 0.15) is 0 Å². The molecule has 19 heavy (non-hydrogen) atoms. The lowest BCUT2D eigenvalue weighted by atomic mass is 10.1. The van der Waals surface area contributed by atoms with E-state index in [1.807, 2.05) is 32.0 Å². The van der Waals surface area contributed by atoms with Crippen LogP contribution in [-0.2, 0) is 0 Å². The van der Waals surface area contributed by atoms with Crippen molar-refractivity contribution in [2.45, 2.75) is 19.8 Å². The molecule has 0 fully saturated rings. The van der Waals surface area contributed by atoms with E-state index < -0.39 is 5.97 Å². The van der Waals surface area contributed by atoms with Crippen LogP contribution >= 0.6 is 31.9 Å². The lowest BCUT2D eigenvalue weighted by Crippen LogP contribution is -2.01. The van der Waals surface area contributed by atoms with Crippen LogP contribution in [0.2, 0.25) is 0 Å². The van der Waals surface area contributed by atoms with Crippen LogP contribution in [0.25, 0.3) is 11.5 Å². The Balaban J connectivity index is 2.60. The highest BCUT2D eigenvalue weighted by Crippen LogP contribution is 2.33. The molecule has 1 N–H and O–H groups in total. The van der Waals surface area contributed by atoms with Crippen molar-refractivity contribution in [3.8, 4) is 11.5 Å². The standard InChI is InChI=1S/C13H11Br2NO3/c1-6(2)10-11(13(17)18)19-12(16-10)8-5-7(14)3-4-9(8)15/h3-6H,1-2H3,(H,17,18). The average Bonchev–Trinajstić information content (AvgIpc) is 2.77. The summed E-state index contributed by atoms with van der Waals surface area (Å²) in [4.78, 5) is 15.5. The fourth-order valence-electron chi connectivity index (χ4n) is 1.65. The predicted octanol–water partition coefficient (Wildman–Crippen LogP) is 4.69. The van der Waals surface area contributed by atoms with E-state index in [0.717, 1.165) is 8.95 Å². The third-order valence-corrected chi connectivity index (χ3v) is 3.74. The molecule has 0 atom stereocenters. The third-order valence-electron chi connectivity index (χ3n) is 2.55. The van der Waals surface area contributed by atoms with Gasteiger partial charge in [-0.1, -0.05) is 29.8 Å². The lowest BCUT2D eigenvalue weighted by molar-refractivity contribution is 0.0661. The van der Waals surface area contributed by atoms with Crippen LogP contribution in [-0.4, -0.2) is 16.1 Å². The Kier molecular flexibility index (Phi) is 4.10. The van der Waals surface area contributed by atoms with Gasteiger partial charge in [0, 0.05) is 8.95 Å². The second kappa shape index (κ2) is 5.46. The molecule has 0 saturated heterocycles. The van der Waals surface area contributed by atoms with Crippen molar-refractivity contribution in [1.82, 2.24) is 4.98 Å².